The van der Waals surface area contributed by atoms with Gasteiger partial charge < -0.3 is 14.7 Å². The molecule has 1 N–H and O–H groups in total. The molecule has 0 spiro atoms. The van der Waals surface area contributed by atoms with Gasteiger partial charge in [0.05, 0.1) is 11.5 Å². The van der Waals surface area contributed by atoms with E-state index in [1.54, 1.807) is 0 Å². The molecule has 0 aromatic heterocycles. The molecule has 0 unspecified atom stereocenters. The van der Waals surface area contributed by atoms with Gasteiger partial charge >= 0.3 is 12.1 Å². The van der Waals surface area contributed by atoms with Crippen LogP contribution in [0, 0.1) is 11.3 Å². The number of aliphatic carboxylic acids is 1. The van der Waals surface area contributed by atoms with Gasteiger partial charge in [-0.05, 0) is 5.56 Å². The first-order chi connectivity index (χ1) is 10.8. The van der Waals surface area contributed by atoms with Crippen LogP contribution in [0.4, 0.5) is 4.79 Å². The molecule has 3 rings (SSSR count). The highest BCUT2D eigenvalue weighted by atomic mass is 32.2. The summed E-state index contributed by atoms with van der Waals surface area (Å²) in [6.07, 6.45) is -0.610. The maximum Gasteiger partial charge on any atom is 0.410 e. The zero-order valence-corrected chi connectivity index (χ0v) is 13.2. The smallest absolute Gasteiger partial charge is 0.410 e. The van der Waals surface area contributed by atoms with Gasteiger partial charge in [0.1, 0.15) is 12.0 Å². The SMILES string of the molecule is O=C(OCc1ccccc1)N1C[C@H]2CS(=O)(=O)C[C@@]2(C(=O)O)C1. The predicted molar refractivity (Wildman–Crippen MR) is 80.4 cm³/mol. The number of carbonyl (C=O) groups excluding carboxylic acids is 1. The summed E-state index contributed by atoms with van der Waals surface area (Å²) in [5.74, 6) is -2.35. The molecular weight excluding hydrogens is 322 g/mol. The number of amides is 1. The molecule has 23 heavy (non-hydrogen) atoms. The van der Waals surface area contributed by atoms with E-state index in [4.69, 9.17) is 4.74 Å². The number of hydrogen-bond donors (Lipinski definition) is 1. The minimum Gasteiger partial charge on any atom is -0.481 e. The van der Waals surface area contributed by atoms with Crippen LogP contribution in [0.1, 0.15) is 5.56 Å². The third kappa shape index (κ3) is 2.90. The van der Waals surface area contributed by atoms with E-state index in [-0.39, 0.29) is 25.4 Å². The summed E-state index contributed by atoms with van der Waals surface area (Å²) in [6.45, 7) is 0.0677. The summed E-state index contributed by atoms with van der Waals surface area (Å²) in [5.41, 5.74) is -0.569. The number of likely N-dealkylation sites (tertiary alicyclic amines) is 1. The van der Waals surface area contributed by atoms with E-state index in [1.165, 1.54) is 4.90 Å². The van der Waals surface area contributed by atoms with Gasteiger partial charge in [-0.15, -0.1) is 0 Å². The quantitative estimate of drug-likeness (QED) is 0.872. The number of ether oxygens (including phenoxy) is 1. The molecule has 0 aliphatic carbocycles. The average molecular weight is 339 g/mol. The number of carboxylic acid groups (broad SMARTS) is 1. The molecule has 7 nitrogen and oxygen atoms in total. The molecule has 2 aliphatic rings. The van der Waals surface area contributed by atoms with Crippen molar-refractivity contribution in [1.82, 2.24) is 4.90 Å². The molecule has 0 radical (unpaired) electrons. The monoisotopic (exact) mass is 339 g/mol. The van der Waals surface area contributed by atoms with Crippen LogP contribution in [0.5, 0.6) is 0 Å². The molecule has 2 heterocycles. The van der Waals surface area contributed by atoms with Crippen molar-refractivity contribution < 1.29 is 27.9 Å². The highest BCUT2D eigenvalue weighted by molar-refractivity contribution is 7.91. The van der Waals surface area contributed by atoms with Crippen LogP contribution < -0.4 is 0 Å². The fourth-order valence-corrected chi connectivity index (χ4v) is 5.75. The van der Waals surface area contributed by atoms with Gasteiger partial charge in [0.15, 0.2) is 9.84 Å². The van der Waals surface area contributed by atoms with E-state index in [1.807, 2.05) is 30.3 Å². The number of sulfone groups is 1. The van der Waals surface area contributed by atoms with Gasteiger partial charge in [0.25, 0.3) is 0 Å². The first-order valence-electron chi connectivity index (χ1n) is 7.22. The minimum atomic E-state index is -3.37. The maximum absolute atomic E-state index is 12.1. The number of hydrogen-bond acceptors (Lipinski definition) is 5. The van der Waals surface area contributed by atoms with E-state index in [2.05, 4.69) is 0 Å². The Morgan fingerprint density at radius 1 is 1.30 bits per heavy atom. The lowest BCUT2D eigenvalue weighted by molar-refractivity contribution is -0.148. The van der Waals surface area contributed by atoms with E-state index in [9.17, 15) is 23.1 Å². The minimum absolute atomic E-state index is 0.0964. The highest BCUT2D eigenvalue weighted by Gasteiger charge is 2.61. The van der Waals surface area contributed by atoms with Gasteiger partial charge in [-0.2, -0.15) is 0 Å². The summed E-state index contributed by atoms with van der Waals surface area (Å²) < 4.78 is 28.7. The Hall–Kier alpha value is -2.09. The Labute approximate surface area is 133 Å². The Kier molecular flexibility index (Phi) is 3.79. The van der Waals surface area contributed by atoms with E-state index < -0.39 is 39.0 Å². The average Bonchev–Trinajstić information content (AvgIpc) is 2.96. The van der Waals surface area contributed by atoms with Crippen LogP contribution >= 0.6 is 0 Å². The lowest BCUT2D eigenvalue weighted by Crippen LogP contribution is -2.40. The Balaban J connectivity index is 1.67. The molecule has 2 atom stereocenters. The van der Waals surface area contributed by atoms with Crippen LogP contribution in [-0.4, -0.2) is 55.1 Å². The van der Waals surface area contributed by atoms with Gasteiger partial charge in [-0.25, -0.2) is 13.2 Å². The summed E-state index contributed by atoms with van der Waals surface area (Å²) in [6, 6.07) is 9.14. The standard InChI is InChI=1S/C15H17NO6S/c17-13(18)15-9-16(6-12(15)8-23(20,21)10-15)14(19)22-7-11-4-2-1-3-5-11/h1-5,12H,6-10H2,(H,17,18)/t12-,15-/m0/s1. The maximum atomic E-state index is 12.1. The second kappa shape index (κ2) is 5.52. The second-order valence-electron chi connectivity index (χ2n) is 6.13. The largest absolute Gasteiger partial charge is 0.481 e. The molecule has 1 amide bonds. The zero-order valence-electron chi connectivity index (χ0n) is 12.3. The predicted octanol–water partition coefficient (Wildman–Crippen LogP) is 0.754. The zero-order chi connectivity index (χ0) is 16.7. The van der Waals surface area contributed by atoms with Crippen molar-refractivity contribution >= 4 is 21.9 Å². The Morgan fingerprint density at radius 2 is 2.00 bits per heavy atom. The molecule has 2 fully saturated rings. The lowest BCUT2D eigenvalue weighted by Gasteiger charge is -2.21. The normalized spacial score (nSPS) is 28.3. The van der Waals surface area contributed by atoms with Crippen molar-refractivity contribution in [1.29, 1.82) is 0 Å². The third-order valence-corrected chi connectivity index (χ3v) is 6.38. The number of carboxylic acids is 1. The molecule has 2 aliphatic heterocycles. The van der Waals surface area contributed by atoms with Gasteiger partial charge in [-0.1, -0.05) is 30.3 Å². The summed E-state index contributed by atoms with van der Waals surface area (Å²) in [7, 11) is -3.37. The van der Waals surface area contributed by atoms with Crippen LogP contribution in [0.2, 0.25) is 0 Å². The van der Waals surface area contributed by atoms with Crippen LogP contribution in [0.3, 0.4) is 0 Å². The summed E-state index contributed by atoms with van der Waals surface area (Å²) >= 11 is 0. The van der Waals surface area contributed by atoms with Crippen molar-refractivity contribution in [3.63, 3.8) is 0 Å². The van der Waals surface area contributed by atoms with Gasteiger partial charge in [0, 0.05) is 19.0 Å². The molecule has 124 valence electrons. The summed E-state index contributed by atoms with van der Waals surface area (Å²) in [5, 5.41) is 9.47. The van der Waals surface area contributed by atoms with Crippen molar-refractivity contribution in [3.05, 3.63) is 35.9 Å². The number of rotatable bonds is 3. The topological polar surface area (TPSA) is 101 Å². The second-order valence-corrected chi connectivity index (χ2v) is 8.24. The Morgan fingerprint density at radius 3 is 2.61 bits per heavy atom. The lowest BCUT2D eigenvalue weighted by atomic mass is 9.81. The number of benzene rings is 1. The summed E-state index contributed by atoms with van der Waals surface area (Å²) in [4.78, 5) is 25.0. The van der Waals surface area contributed by atoms with Crippen LogP contribution in [0.15, 0.2) is 30.3 Å². The van der Waals surface area contributed by atoms with E-state index in [0.717, 1.165) is 5.56 Å². The van der Waals surface area contributed by atoms with Gasteiger partial charge in [0.2, 0.25) is 0 Å². The van der Waals surface area contributed by atoms with Crippen molar-refractivity contribution in [2.24, 2.45) is 11.3 Å². The fraction of sp³-hybridized carbons (Fsp3) is 0.467. The first kappa shape index (κ1) is 15.8. The van der Waals surface area contributed by atoms with E-state index in [0.29, 0.717) is 0 Å². The molecular formula is C15H17NO6S. The molecule has 1 aromatic rings. The first-order valence-corrected chi connectivity index (χ1v) is 9.04. The number of carbonyl (C=O) groups is 2. The third-order valence-electron chi connectivity index (χ3n) is 4.52. The number of fused-ring (bicyclic) bond motifs is 1. The van der Waals surface area contributed by atoms with Crippen molar-refractivity contribution in [2.75, 3.05) is 24.6 Å². The molecule has 2 saturated heterocycles. The van der Waals surface area contributed by atoms with Gasteiger partial charge in [-0.3, -0.25) is 4.79 Å². The Bertz CT molecular complexity index is 732. The van der Waals surface area contributed by atoms with Crippen molar-refractivity contribution in [3.8, 4) is 0 Å². The molecule has 0 bridgehead atoms. The van der Waals surface area contributed by atoms with Crippen LogP contribution in [-0.2, 0) is 26.0 Å². The fourth-order valence-electron chi connectivity index (χ4n) is 3.36. The van der Waals surface area contributed by atoms with Crippen molar-refractivity contribution in [2.45, 2.75) is 6.61 Å². The van der Waals surface area contributed by atoms with E-state index >= 15 is 0 Å². The highest BCUT2D eigenvalue weighted by Crippen LogP contribution is 2.44. The molecule has 1 aromatic carbocycles. The molecule has 0 saturated carbocycles. The van der Waals surface area contributed by atoms with Crippen LogP contribution in [0.25, 0.3) is 0 Å². The number of nitrogens with zero attached hydrogens (tertiary/aromatic N) is 1. The molecule has 8 heteroatoms.